The summed E-state index contributed by atoms with van der Waals surface area (Å²) < 4.78 is 17.4. The van der Waals surface area contributed by atoms with Gasteiger partial charge >= 0.3 is 0 Å². The minimum Gasteiger partial charge on any atom is -0.507 e. The summed E-state index contributed by atoms with van der Waals surface area (Å²) in [6.07, 6.45) is -2.74. The van der Waals surface area contributed by atoms with Crippen LogP contribution in [0.15, 0.2) is 18.2 Å². The Morgan fingerprint density at radius 2 is 1.79 bits per heavy atom. The van der Waals surface area contributed by atoms with Gasteiger partial charge in [-0.1, -0.05) is 19.1 Å². The van der Waals surface area contributed by atoms with Gasteiger partial charge < -0.3 is 40.0 Å². The van der Waals surface area contributed by atoms with Crippen LogP contribution in [0.25, 0.3) is 0 Å². The fraction of sp³-hybridized carbons (Fsp3) is 0.516. The molecule has 0 saturated carbocycles. The van der Waals surface area contributed by atoms with Gasteiger partial charge in [-0.25, -0.2) is 0 Å². The Kier molecular flexibility index (Phi) is 9.39. The first-order valence-electron chi connectivity index (χ1n) is 14.1. The number of ketones is 3. The molecule has 42 heavy (non-hydrogen) atoms. The molecule has 2 aliphatic carbocycles. The van der Waals surface area contributed by atoms with E-state index in [1.807, 2.05) is 6.92 Å². The Morgan fingerprint density at radius 3 is 2.40 bits per heavy atom. The summed E-state index contributed by atoms with van der Waals surface area (Å²) in [5, 5.41) is 47.5. The highest BCUT2D eigenvalue weighted by Gasteiger charge is 2.49. The summed E-state index contributed by atoms with van der Waals surface area (Å²) in [6.45, 7) is 5.19. The van der Waals surface area contributed by atoms with Gasteiger partial charge in [-0.3, -0.25) is 14.4 Å². The van der Waals surface area contributed by atoms with Crippen molar-refractivity contribution in [3.63, 3.8) is 0 Å². The molecule has 0 radical (unpaired) electrons. The third kappa shape index (κ3) is 5.67. The maximum Gasteiger partial charge on any atom is 0.202 e. The Labute approximate surface area is 244 Å². The van der Waals surface area contributed by atoms with Crippen LogP contribution in [0.2, 0.25) is 0 Å². The highest BCUT2D eigenvalue weighted by molar-refractivity contribution is 6.31. The third-order valence-corrected chi connectivity index (χ3v) is 8.04. The zero-order valence-corrected chi connectivity index (χ0v) is 24.5. The third-order valence-electron chi connectivity index (χ3n) is 8.04. The molecule has 2 aliphatic rings. The molecule has 5 N–H and O–H groups in total. The standard InChI is InChI=1S/C31H39NO10/c1-6-22(34)31(39)11-19-24(21(12-31)42-17(10-15(2)32-4)14-41-13-16(3)33)30(38)26-25(28(19)36)27(35)18-8-7-9-20(40-5)23(18)29(26)37/h7-9,15-17,21,32-33,36,38-39H,6,10-14H2,1-5H3. The number of Topliss-reactive ketones (excluding diaryl/α,β-unsaturated/α-hetero) is 1. The number of methoxy groups -OCH3 is 1. The number of hydrogen-bond acceptors (Lipinski definition) is 11. The average molecular weight is 586 g/mol. The van der Waals surface area contributed by atoms with Crippen molar-refractivity contribution in [1.82, 2.24) is 5.32 Å². The molecule has 11 nitrogen and oxygen atoms in total. The normalized spacial score (nSPS) is 21.6. The van der Waals surface area contributed by atoms with E-state index < -0.39 is 58.3 Å². The molecule has 11 heteroatoms. The monoisotopic (exact) mass is 585 g/mol. The van der Waals surface area contributed by atoms with Gasteiger partial charge in [-0.2, -0.15) is 0 Å². The number of phenols is 2. The maximum atomic E-state index is 13.8. The second kappa shape index (κ2) is 12.5. The van der Waals surface area contributed by atoms with Crippen LogP contribution < -0.4 is 10.1 Å². The van der Waals surface area contributed by atoms with E-state index in [0.717, 1.165) is 0 Å². The maximum absolute atomic E-state index is 13.8. The van der Waals surface area contributed by atoms with E-state index in [4.69, 9.17) is 14.2 Å². The van der Waals surface area contributed by atoms with Gasteiger partial charge in [0.05, 0.1) is 55.3 Å². The van der Waals surface area contributed by atoms with Gasteiger partial charge in [0.25, 0.3) is 0 Å². The van der Waals surface area contributed by atoms with Crippen LogP contribution in [0.4, 0.5) is 0 Å². The fourth-order valence-electron chi connectivity index (χ4n) is 5.85. The van der Waals surface area contributed by atoms with E-state index in [2.05, 4.69) is 5.32 Å². The van der Waals surface area contributed by atoms with Crippen molar-refractivity contribution in [2.45, 2.75) is 76.4 Å². The largest absolute Gasteiger partial charge is 0.507 e. The average Bonchev–Trinajstić information content (AvgIpc) is 2.96. The molecule has 0 saturated heterocycles. The lowest BCUT2D eigenvalue weighted by atomic mass is 9.71. The lowest BCUT2D eigenvalue weighted by Gasteiger charge is -2.40. The number of aromatic hydroxyl groups is 2. The smallest absolute Gasteiger partial charge is 0.202 e. The van der Waals surface area contributed by atoms with Crippen molar-refractivity contribution in [2.24, 2.45) is 0 Å². The van der Waals surface area contributed by atoms with Gasteiger partial charge in [0.1, 0.15) is 22.8 Å². The van der Waals surface area contributed by atoms with E-state index in [1.165, 1.54) is 25.3 Å². The molecule has 2 aromatic carbocycles. The SMILES string of the molecule is CCC(=O)C1(O)Cc2c(O)c3c(c(O)c2C(OC(COCC(C)O)CC(C)NC)C1)C(=O)c1c(OC)cccc1C3=O. The molecular weight excluding hydrogens is 546 g/mol. The molecule has 2 aromatic rings. The minimum atomic E-state index is -1.97. The summed E-state index contributed by atoms with van der Waals surface area (Å²) >= 11 is 0. The molecule has 0 spiro atoms. The second-order valence-corrected chi connectivity index (χ2v) is 11.1. The van der Waals surface area contributed by atoms with E-state index in [-0.39, 0.29) is 72.1 Å². The molecule has 5 atom stereocenters. The molecular formula is C31H39NO10. The fourth-order valence-corrected chi connectivity index (χ4v) is 5.85. The Bertz CT molecular complexity index is 1390. The van der Waals surface area contributed by atoms with Crippen molar-refractivity contribution < 1.29 is 49.0 Å². The van der Waals surface area contributed by atoms with Crippen LogP contribution in [0.3, 0.4) is 0 Å². The van der Waals surface area contributed by atoms with Crippen LogP contribution in [-0.2, 0) is 20.7 Å². The first-order valence-corrected chi connectivity index (χ1v) is 14.1. The summed E-state index contributed by atoms with van der Waals surface area (Å²) in [7, 11) is 3.13. The number of aliphatic hydroxyl groups is 2. The van der Waals surface area contributed by atoms with Crippen molar-refractivity contribution in [3.8, 4) is 17.2 Å². The van der Waals surface area contributed by atoms with Gasteiger partial charge in [0.2, 0.25) is 5.78 Å². The number of fused-ring (bicyclic) bond motifs is 3. The van der Waals surface area contributed by atoms with Crippen molar-refractivity contribution >= 4 is 17.3 Å². The first-order chi connectivity index (χ1) is 19.9. The lowest BCUT2D eigenvalue weighted by Crippen LogP contribution is -2.46. The molecule has 5 unspecified atom stereocenters. The van der Waals surface area contributed by atoms with Gasteiger partial charge in [0, 0.05) is 42.0 Å². The molecule has 0 fully saturated rings. The van der Waals surface area contributed by atoms with Crippen molar-refractivity contribution in [2.75, 3.05) is 27.4 Å². The summed E-state index contributed by atoms with van der Waals surface area (Å²) in [5.74, 6) is -2.92. The number of aliphatic hydroxyl groups excluding tert-OH is 1. The molecule has 0 heterocycles. The molecule has 228 valence electrons. The lowest BCUT2D eigenvalue weighted by molar-refractivity contribution is -0.148. The van der Waals surface area contributed by atoms with Gasteiger partial charge in [-0.05, 0) is 33.4 Å². The predicted molar refractivity (Wildman–Crippen MR) is 151 cm³/mol. The van der Waals surface area contributed by atoms with Crippen LogP contribution in [-0.4, -0.2) is 89.0 Å². The molecule has 0 aromatic heterocycles. The Balaban J connectivity index is 1.89. The molecule has 0 amide bonds. The number of carbonyl (C=O) groups is 3. The van der Waals surface area contributed by atoms with Gasteiger partial charge in [-0.15, -0.1) is 0 Å². The number of phenolic OH excluding ortho intramolecular Hbond substituents is 2. The zero-order chi connectivity index (χ0) is 30.9. The molecule has 0 bridgehead atoms. The highest BCUT2D eigenvalue weighted by Crippen LogP contribution is 2.52. The number of ether oxygens (including phenoxy) is 3. The number of hydrogen-bond donors (Lipinski definition) is 5. The second-order valence-electron chi connectivity index (χ2n) is 11.1. The van der Waals surface area contributed by atoms with Crippen LogP contribution in [0, 0.1) is 0 Å². The summed E-state index contributed by atoms with van der Waals surface area (Å²) in [6, 6.07) is 4.45. The van der Waals surface area contributed by atoms with E-state index in [0.29, 0.717) is 6.42 Å². The van der Waals surface area contributed by atoms with E-state index >= 15 is 0 Å². The molecule has 0 aliphatic heterocycles. The van der Waals surface area contributed by atoms with Crippen molar-refractivity contribution in [3.05, 3.63) is 51.6 Å². The number of carbonyl (C=O) groups excluding carboxylic acids is 3. The predicted octanol–water partition coefficient (Wildman–Crippen LogP) is 2.36. The quantitative estimate of drug-likeness (QED) is 0.198. The Morgan fingerprint density at radius 1 is 1.10 bits per heavy atom. The van der Waals surface area contributed by atoms with Gasteiger partial charge in [0.15, 0.2) is 11.6 Å². The summed E-state index contributed by atoms with van der Waals surface area (Å²) in [4.78, 5) is 40.4. The topological polar surface area (TPSA) is 172 Å². The van der Waals surface area contributed by atoms with E-state index in [9.17, 15) is 34.8 Å². The Hall–Kier alpha value is -3.35. The number of benzene rings is 2. The zero-order valence-electron chi connectivity index (χ0n) is 24.5. The van der Waals surface area contributed by atoms with Crippen LogP contribution in [0.1, 0.15) is 89.1 Å². The highest BCUT2D eigenvalue weighted by atomic mass is 16.5. The summed E-state index contributed by atoms with van der Waals surface area (Å²) in [5.41, 5.74) is -2.80. The number of nitrogens with one attached hydrogen (secondary N) is 1. The number of rotatable bonds is 12. The first kappa shape index (κ1) is 31.6. The molecule has 4 rings (SSSR count). The van der Waals surface area contributed by atoms with Crippen molar-refractivity contribution in [1.29, 1.82) is 0 Å². The van der Waals surface area contributed by atoms with E-state index in [1.54, 1.807) is 20.9 Å². The minimum absolute atomic E-state index is 0.00128. The van der Waals surface area contributed by atoms with Crippen LogP contribution >= 0.6 is 0 Å². The van der Waals surface area contributed by atoms with Crippen LogP contribution in [0.5, 0.6) is 17.2 Å².